The van der Waals surface area contributed by atoms with Crippen LogP contribution in [-0.2, 0) is 9.63 Å². The number of oxime groups is 1. The number of nitrogens with zero attached hydrogens (tertiary/aromatic N) is 2. The Labute approximate surface area is 89.2 Å². The van der Waals surface area contributed by atoms with Crippen molar-refractivity contribution >= 4 is 11.6 Å². The molecule has 2 atom stereocenters. The van der Waals surface area contributed by atoms with Crippen molar-refractivity contribution in [3.8, 4) is 0 Å². The monoisotopic (exact) mass is 211 g/mol. The van der Waals surface area contributed by atoms with Crippen LogP contribution < -0.4 is 5.73 Å². The standard InChI is InChI=1S/C10H17N3O2/c1-6(12-15-2)10(14)13-4-7-3-8(5-13)9(7)11/h7-9H,3-5,11H2,1-2H3. The summed E-state index contributed by atoms with van der Waals surface area (Å²) in [5, 5.41) is 3.65. The molecule has 2 saturated heterocycles. The molecule has 0 aromatic heterocycles. The van der Waals surface area contributed by atoms with Crippen molar-refractivity contribution in [2.75, 3.05) is 20.2 Å². The lowest BCUT2D eigenvalue weighted by molar-refractivity contribution is -0.131. The molecular formula is C10H17N3O2. The zero-order chi connectivity index (χ0) is 11.0. The van der Waals surface area contributed by atoms with Gasteiger partial charge < -0.3 is 15.5 Å². The third kappa shape index (κ3) is 1.71. The Balaban J connectivity index is 1.96. The molecule has 0 aromatic carbocycles. The van der Waals surface area contributed by atoms with Gasteiger partial charge in [-0.1, -0.05) is 5.16 Å². The number of hydrogen-bond acceptors (Lipinski definition) is 4. The molecule has 1 aliphatic carbocycles. The average molecular weight is 211 g/mol. The maximum atomic E-state index is 11.8. The van der Waals surface area contributed by atoms with Crippen molar-refractivity contribution < 1.29 is 9.63 Å². The van der Waals surface area contributed by atoms with Gasteiger partial charge in [0.2, 0.25) is 0 Å². The number of fused-ring (bicyclic) bond motifs is 2. The van der Waals surface area contributed by atoms with Crippen LogP contribution in [0.25, 0.3) is 0 Å². The first-order valence-corrected chi connectivity index (χ1v) is 5.26. The molecule has 2 unspecified atom stereocenters. The normalized spacial score (nSPS) is 34.7. The van der Waals surface area contributed by atoms with Gasteiger partial charge in [0.15, 0.2) is 0 Å². The highest BCUT2D eigenvalue weighted by Crippen LogP contribution is 2.38. The Morgan fingerprint density at radius 2 is 2.07 bits per heavy atom. The van der Waals surface area contributed by atoms with E-state index in [1.807, 2.05) is 4.90 Å². The molecule has 2 bridgehead atoms. The van der Waals surface area contributed by atoms with Crippen molar-refractivity contribution in [1.29, 1.82) is 0 Å². The number of piperidine rings is 2. The zero-order valence-electron chi connectivity index (χ0n) is 9.14. The molecule has 0 radical (unpaired) electrons. The summed E-state index contributed by atoms with van der Waals surface area (Å²) in [7, 11) is 1.44. The first-order chi connectivity index (χ1) is 7.13. The summed E-state index contributed by atoms with van der Waals surface area (Å²) in [6.07, 6.45) is 1.17. The van der Waals surface area contributed by atoms with Crippen LogP contribution in [0.3, 0.4) is 0 Å². The highest BCUT2D eigenvalue weighted by molar-refractivity contribution is 6.37. The van der Waals surface area contributed by atoms with Gasteiger partial charge in [-0.05, 0) is 25.2 Å². The Bertz CT molecular complexity index is 291. The van der Waals surface area contributed by atoms with Gasteiger partial charge in [0, 0.05) is 19.1 Å². The first kappa shape index (κ1) is 10.4. The molecule has 1 amide bonds. The SMILES string of the molecule is CON=C(C)C(=O)N1CC2CC(C1)C2N. The average Bonchev–Trinajstić information content (AvgIpc) is 2.27. The lowest BCUT2D eigenvalue weighted by Gasteiger charge is -2.51. The Hall–Kier alpha value is -1.10. The quantitative estimate of drug-likeness (QED) is 0.508. The van der Waals surface area contributed by atoms with Gasteiger partial charge >= 0.3 is 0 Å². The molecule has 84 valence electrons. The Morgan fingerprint density at radius 3 is 2.53 bits per heavy atom. The number of carbonyl (C=O) groups is 1. The van der Waals surface area contributed by atoms with Gasteiger partial charge in [0.1, 0.15) is 12.8 Å². The summed E-state index contributed by atoms with van der Waals surface area (Å²) < 4.78 is 0. The van der Waals surface area contributed by atoms with E-state index in [0.717, 1.165) is 13.1 Å². The summed E-state index contributed by atoms with van der Waals surface area (Å²) in [5.41, 5.74) is 6.34. The van der Waals surface area contributed by atoms with E-state index in [1.54, 1.807) is 6.92 Å². The van der Waals surface area contributed by atoms with E-state index in [9.17, 15) is 4.79 Å². The van der Waals surface area contributed by atoms with Gasteiger partial charge in [-0.25, -0.2) is 0 Å². The maximum absolute atomic E-state index is 11.8. The topological polar surface area (TPSA) is 67.9 Å². The molecular weight excluding hydrogens is 194 g/mol. The third-order valence-corrected chi connectivity index (χ3v) is 3.43. The fourth-order valence-corrected chi connectivity index (χ4v) is 2.50. The van der Waals surface area contributed by atoms with Gasteiger partial charge in [0.25, 0.3) is 5.91 Å². The summed E-state index contributed by atoms with van der Waals surface area (Å²) in [4.78, 5) is 18.3. The number of carbonyl (C=O) groups excluding carboxylic acids is 1. The smallest absolute Gasteiger partial charge is 0.271 e. The molecule has 5 nitrogen and oxygen atoms in total. The van der Waals surface area contributed by atoms with E-state index in [-0.39, 0.29) is 5.91 Å². The first-order valence-electron chi connectivity index (χ1n) is 5.26. The van der Waals surface area contributed by atoms with Gasteiger partial charge in [0.05, 0.1) is 0 Å². The largest absolute Gasteiger partial charge is 0.399 e. The highest BCUT2D eigenvalue weighted by Gasteiger charge is 2.45. The molecule has 15 heavy (non-hydrogen) atoms. The number of rotatable bonds is 2. The third-order valence-electron chi connectivity index (χ3n) is 3.43. The van der Waals surface area contributed by atoms with Gasteiger partial charge in [-0.2, -0.15) is 0 Å². The number of amides is 1. The van der Waals surface area contributed by atoms with Crippen LogP contribution in [0, 0.1) is 11.8 Å². The Morgan fingerprint density at radius 1 is 1.47 bits per heavy atom. The van der Waals surface area contributed by atoms with E-state index in [1.165, 1.54) is 13.5 Å². The van der Waals surface area contributed by atoms with E-state index < -0.39 is 0 Å². The predicted molar refractivity (Wildman–Crippen MR) is 56.3 cm³/mol. The molecule has 2 N–H and O–H groups in total. The predicted octanol–water partition coefficient (Wildman–Crippen LogP) is -0.186. The number of nitrogens with two attached hydrogens (primary N) is 1. The summed E-state index contributed by atoms with van der Waals surface area (Å²) in [5.74, 6) is 0.949. The molecule has 2 heterocycles. The van der Waals surface area contributed by atoms with Crippen molar-refractivity contribution in [3.05, 3.63) is 0 Å². The van der Waals surface area contributed by atoms with Crippen LogP contribution in [0.2, 0.25) is 0 Å². The van der Waals surface area contributed by atoms with Crippen molar-refractivity contribution in [3.63, 3.8) is 0 Å². The summed E-state index contributed by atoms with van der Waals surface area (Å²) >= 11 is 0. The second kappa shape index (κ2) is 3.81. The summed E-state index contributed by atoms with van der Waals surface area (Å²) in [6, 6.07) is 0.300. The van der Waals surface area contributed by atoms with Crippen molar-refractivity contribution in [2.24, 2.45) is 22.7 Å². The van der Waals surface area contributed by atoms with Crippen molar-refractivity contribution in [2.45, 2.75) is 19.4 Å². The van der Waals surface area contributed by atoms with Crippen LogP contribution in [0.1, 0.15) is 13.3 Å². The minimum atomic E-state index is -0.0292. The highest BCUT2D eigenvalue weighted by atomic mass is 16.6. The van der Waals surface area contributed by atoms with Crippen molar-refractivity contribution in [1.82, 2.24) is 4.90 Å². The lowest BCUT2D eigenvalue weighted by atomic mass is 9.67. The maximum Gasteiger partial charge on any atom is 0.271 e. The molecule has 2 aliphatic heterocycles. The fraction of sp³-hybridized carbons (Fsp3) is 0.800. The van der Waals surface area contributed by atoms with Crippen LogP contribution in [0.15, 0.2) is 5.16 Å². The molecule has 3 fully saturated rings. The number of hydrogen-bond donors (Lipinski definition) is 1. The Kier molecular flexibility index (Phi) is 2.65. The molecule has 3 rings (SSSR count). The zero-order valence-corrected chi connectivity index (χ0v) is 9.14. The van der Waals surface area contributed by atoms with E-state index in [0.29, 0.717) is 23.6 Å². The minimum absolute atomic E-state index is 0.0292. The second-order valence-corrected chi connectivity index (χ2v) is 4.40. The molecule has 5 heteroatoms. The lowest BCUT2D eigenvalue weighted by Crippen LogP contribution is -2.63. The van der Waals surface area contributed by atoms with Gasteiger partial charge in [-0.3, -0.25) is 4.79 Å². The molecule has 0 aromatic rings. The summed E-state index contributed by atoms with van der Waals surface area (Å²) in [6.45, 7) is 3.21. The second-order valence-electron chi connectivity index (χ2n) is 4.40. The van der Waals surface area contributed by atoms with Gasteiger partial charge in [-0.15, -0.1) is 0 Å². The van der Waals surface area contributed by atoms with Crippen LogP contribution in [0.4, 0.5) is 0 Å². The van der Waals surface area contributed by atoms with Crippen LogP contribution in [-0.4, -0.2) is 42.8 Å². The molecule has 0 spiro atoms. The van der Waals surface area contributed by atoms with Crippen LogP contribution >= 0.6 is 0 Å². The fourth-order valence-electron chi connectivity index (χ4n) is 2.50. The van der Waals surface area contributed by atoms with E-state index in [2.05, 4.69) is 9.99 Å². The van der Waals surface area contributed by atoms with E-state index >= 15 is 0 Å². The van der Waals surface area contributed by atoms with Crippen LogP contribution in [0.5, 0.6) is 0 Å². The molecule has 1 saturated carbocycles. The minimum Gasteiger partial charge on any atom is -0.399 e. The van der Waals surface area contributed by atoms with E-state index in [4.69, 9.17) is 5.73 Å². The molecule has 3 aliphatic rings.